The smallest absolute Gasteiger partial charge is 0.248 e. The van der Waals surface area contributed by atoms with Crippen molar-refractivity contribution in [2.45, 2.75) is 19.4 Å². The van der Waals surface area contributed by atoms with E-state index in [2.05, 4.69) is 12.2 Å². The number of benzene rings is 2. The Bertz CT molecular complexity index is 658. The van der Waals surface area contributed by atoms with E-state index in [4.69, 9.17) is 28.9 Å². The molecule has 1 atom stereocenters. The fourth-order valence-electron chi connectivity index (χ4n) is 2.11. The molecule has 0 saturated heterocycles. The molecule has 0 aliphatic heterocycles. The number of nitrogens with two attached hydrogens (primary N) is 1. The molecule has 3 nitrogen and oxygen atoms in total. The Morgan fingerprint density at radius 1 is 1.19 bits per heavy atom. The van der Waals surface area contributed by atoms with Crippen molar-refractivity contribution in [3.8, 4) is 0 Å². The van der Waals surface area contributed by atoms with E-state index >= 15 is 0 Å². The molecule has 0 radical (unpaired) electrons. The van der Waals surface area contributed by atoms with Crippen molar-refractivity contribution >= 4 is 34.8 Å². The van der Waals surface area contributed by atoms with Crippen molar-refractivity contribution in [1.82, 2.24) is 0 Å². The lowest BCUT2D eigenvalue weighted by atomic mass is 10.0. The van der Waals surface area contributed by atoms with E-state index in [0.717, 1.165) is 17.7 Å². The van der Waals surface area contributed by atoms with Crippen LogP contribution in [-0.4, -0.2) is 5.91 Å². The maximum absolute atomic E-state index is 11.2. The second-order valence-electron chi connectivity index (χ2n) is 4.72. The topological polar surface area (TPSA) is 55.1 Å². The molecule has 3 N–H and O–H groups in total. The Morgan fingerprint density at radius 3 is 2.57 bits per heavy atom. The molecule has 2 aromatic carbocycles. The zero-order valence-corrected chi connectivity index (χ0v) is 13.1. The van der Waals surface area contributed by atoms with Crippen LogP contribution in [0.15, 0.2) is 42.5 Å². The van der Waals surface area contributed by atoms with Crippen molar-refractivity contribution in [2.24, 2.45) is 5.73 Å². The third-order valence-corrected chi connectivity index (χ3v) is 3.98. The van der Waals surface area contributed by atoms with Crippen LogP contribution in [0.25, 0.3) is 0 Å². The molecule has 110 valence electrons. The van der Waals surface area contributed by atoms with E-state index in [1.165, 1.54) is 0 Å². The number of hydrogen-bond acceptors (Lipinski definition) is 2. The summed E-state index contributed by atoms with van der Waals surface area (Å²) in [4.78, 5) is 11.2. The Balaban J connectivity index is 2.24. The Kier molecular flexibility index (Phi) is 5.10. The summed E-state index contributed by atoms with van der Waals surface area (Å²) < 4.78 is 0. The quantitative estimate of drug-likeness (QED) is 0.841. The van der Waals surface area contributed by atoms with Gasteiger partial charge >= 0.3 is 0 Å². The van der Waals surface area contributed by atoms with Crippen LogP contribution in [0.2, 0.25) is 10.0 Å². The van der Waals surface area contributed by atoms with Gasteiger partial charge in [-0.25, -0.2) is 0 Å². The summed E-state index contributed by atoms with van der Waals surface area (Å²) >= 11 is 12.0. The first-order valence-corrected chi connectivity index (χ1v) is 7.38. The summed E-state index contributed by atoms with van der Waals surface area (Å²) in [7, 11) is 0. The number of carbonyl (C=O) groups is 1. The minimum atomic E-state index is -0.443. The van der Waals surface area contributed by atoms with Crippen molar-refractivity contribution in [2.75, 3.05) is 5.32 Å². The van der Waals surface area contributed by atoms with E-state index in [1.807, 2.05) is 18.2 Å². The highest BCUT2D eigenvalue weighted by molar-refractivity contribution is 6.42. The molecule has 0 aromatic heterocycles. The predicted molar refractivity (Wildman–Crippen MR) is 88.1 cm³/mol. The van der Waals surface area contributed by atoms with Gasteiger partial charge in [-0.15, -0.1) is 0 Å². The molecule has 0 aliphatic rings. The fourth-order valence-corrected chi connectivity index (χ4v) is 2.42. The maximum Gasteiger partial charge on any atom is 0.248 e. The van der Waals surface area contributed by atoms with Gasteiger partial charge in [-0.05, 0) is 42.3 Å². The zero-order chi connectivity index (χ0) is 15.4. The van der Waals surface area contributed by atoms with E-state index in [-0.39, 0.29) is 6.04 Å². The summed E-state index contributed by atoms with van der Waals surface area (Å²) in [5.74, 6) is -0.443. The highest BCUT2D eigenvalue weighted by Crippen LogP contribution is 2.29. The van der Waals surface area contributed by atoms with Gasteiger partial charge in [-0.1, -0.05) is 42.3 Å². The maximum atomic E-state index is 11.2. The van der Waals surface area contributed by atoms with Gasteiger partial charge in [0.1, 0.15) is 0 Å². The van der Waals surface area contributed by atoms with Gasteiger partial charge in [-0.3, -0.25) is 4.79 Å². The predicted octanol–water partition coefficient (Wildman–Crippen LogP) is 4.66. The van der Waals surface area contributed by atoms with Crippen LogP contribution in [0, 0.1) is 0 Å². The standard InChI is InChI=1S/C16H16Cl2N2O/c1-2-15(10-6-7-13(17)14(18)9-10)20-12-5-3-4-11(8-12)16(19)21/h3-9,15,20H,2H2,1H3,(H2,19,21). The second-order valence-corrected chi connectivity index (χ2v) is 5.54. The van der Waals surface area contributed by atoms with Crippen molar-refractivity contribution < 1.29 is 4.79 Å². The van der Waals surface area contributed by atoms with Gasteiger partial charge in [0.15, 0.2) is 0 Å². The van der Waals surface area contributed by atoms with Crippen LogP contribution < -0.4 is 11.1 Å². The molecule has 2 rings (SSSR count). The Labute approximate surface area is 134 Å². The highest BCUT2D eigenvalue weighted by atomic mass is 35.5. The normalized spacial score (nSPS) is 12.0. The van der Waals surface area contributed by atoms with Crippen molar-refractivity contribution in [3.63, 3.8) is 0 Å². The van der Waals surface area contributed by atoms with E-state index in [0.29, 0.717) is 15.6 Å². The molecule has 0 heterocycles. The lowest BCUT2D eigenvalue weighted by Gasteiger charge is -2.19. The van der Waals surface area contributed by atoms with Crippen LogP contribution in [0.3, 0.4) is 0 Å². The van der Waals surface area contributed by atoms with Gasteiger partial charge in [0.25, 0.3) is 0 Å². The molecule has 0 aliphatic carbocycles. The summed E-state index contributed by atoms with van der Waals surface area (Å²) in [5.41, 5.74) is 7.65. The number of primary amides is 1. The number of halogens is 2. The number of amides is 1. The van der Waals surface area contributed by atoms with Gasteiger partial charge in [0.05, 0.1) is 16.1 Å². The van der Waals surface area contributed by atoms with Crippen molar-refractivity contribution in [3.05, 3.63) is 63.6 Å². The average Bonchev–Trinajstić information content (AvgIpc) is 2.48. The first-order chi connectivity index (χ1) is 10.0. The van der Waals surface area contributed by atoms with Crippen LogP contribution in [-0.2, 0) is 0 Å². The first-order valence-electron chi connectivity index (χ1n) is 6.62. The van der Waals surface area contributed by atoms with Gasteiger partial charge in [0, 0.05) is 11.3 Å². The van der Waals surface area contributed by atoms with Crippen LogP contribution in [0.4, 0.5) is 5.69 Å². The Morgan fingerprint density at radius 2 is 1.95 bits per heavy atom. The van der Waals surface area contributed by atoms with Gasteiger partial charge < -0.3 is 11.1 Å². The summed E-state index contributed by atoms with van der Waals surface area (Å²) in [5, 5.41) is 4.44. The molecular weight excluding hydrogens is 307 g/mol. The molecule has 0 bridgehead atoms. The van der Waals surface area contributed by atoms with Gasteiger partial charge in [-0.2, -0.15) is 0 Å². The molecule has 21 heavy (non-hydrogen) atoms. The van der Waals surface area contributed by atoms with Gasteiger partial charge in [0.2, 0.25) is 5.91 Å². The summed E-state index contributed by atoms with van der Waals surface area (Å²) in [6.45, 7) is 2.07. The van der Waals surface area contributed by atoms with Crippen LogP contribution in [0.1, 0.15) is 35.3 Å². The molecule has 5 heteroatoms. The number of nitrogens with one attached hydrogen (secondary N) is 1. The monoisotopic (exact) mass is 322 g/mol. The number of hydrogen-bond donors (Lipinski definition) is 2. The number of anilines is 1. The molecule has 0 saturated carbocycles. The van der Waals surface area contributed by atoms with Crippen LogP contribution in [0.5, 0.6) is 0 Å². The number of carbonyl (C=O) groups excluding carboxylic acids is 1. The summed E-state index contributed by atoms with van der Waals surface area (Å²) in [6, 6.07) is 12.8. The lowest BCUT2D eigenvalue weighted by Crippen LogP contribution is -2.13. The SMILES string of the molecule is CCC(Nc1cccc(C(N)=O)c1)c1ccc(Cl)c(Cl)c1. The number of rotatable bonds is 5. The molecule has 0 fully saturated rings. The molecular formula is C16H16Cl2N2O. The first kappa shape index (κ1) is 15.7. The van der Waals surface area contributed by atoms with E-state index in [9.17, 15) is 4.79 Å². The Hall–Kier alpha value is -1.71. The second kappa shape index (κ2) is 6.83. The highest BCUT2D eigenvalue weighted by Gasteiger charge is 2.11. The minimum Gasteiger partial charge on any atom is -0.378 e. The third-order valence-electron chi connectivity index (χ3n) is 3.24. The molecule has 2 aromatic rings. The molecule has 0 spiro atoms. The van der Waals surface area contributed by atoms with E-state index < -0.39 is 5.91 Å². The largest absolute Gasteiger partial charge is 0.378 e. The lowest BCUT2D eigenvalue weighted by molar-refractivity contribution is 0.100. The summed E-state index contributed by atoms with van der Waals surface area (Å²) in [6.07, 6.45) is 0.860. The van der Waals surface area contributed by atoms with Crippen molar-refractivity contribution in [1.29, 1.82) is 0 Å². The molecule has 1 amide bonds. The zero-order valence-electron chi connectivity index (χ0n) is 11.6. The third kappa shape index (κ3) is 3.90. The molecule has 1 unspecified atom stereocenters. The average molecular weight is 323 g/mol. The minimum absolute atomic E-state index is 0.0721. The van der Waals surface area contributed by atoms with E-state index in [1.54, 1.807) is 24.3 Å². The van der Waals surface area contributed by atoms with Crippen LogP contribution >= 0.6 is 23.2 Å². The fraction of sp³-hybridized carbons (Fsp3) is 0.188.